The van der Waals surface area contributed by atoms with Gasteiger partial charge in [0.05, 0.1) is 40.1 Å². The summed E-state index contributed by atoms with van der Waals surface area (Å²) in [5, 5.41) is 0. The van der Waals surface area contributed by atoms with E-state index >= 15 is 0 Å². The molecule has 1 heterocycles. The van der Waals surface area contributed by atoms with E-state index in [2.05, 4.69) is 0 Å². The number of phosphoric acid groups is 1. The molecule has 3 atom stereocenters. The highest BCUT2D eigenvalue weighted by Gasteiger charge is 2.46. The van der Waals surface area contributed by atoms with Gasteiger partial charge in [0, 0.05) is 5.56 Å². The van der Waals surface area contributed by atoms with E-state index < -0.39 is 25.8 Å². The Morgan fingerprint density at radius 2 is 1.26 bits per heavy atom. The van der Waals surface area contributed by atoms with Crippen LogP contribution in [0.25, 0.3) is 0 Å². The number of benzene rings is 4. The molecule has 8 nitrogen and oxygen atoms in total. The number of hydrogen-bond donors (Lipinski definition) is 0. The maximum Gasteiger partial charge on any atom is 0.475 e. The Kier molecular flexibility index (Phi) is 10.8. The maximum atomic E-state index is 14.0. The largest absolute Gasteiger partial charge is 0.497 e. The molecular weight excluding hydrogens is 567 g/mol. The first-order valence-corrected chi connectivity index (χ1v) is 15.6. The molecule has 0 N–H and O–H groups in total. The monoisotopic (exact) mass is 604 g/mol. The molecule has 0 radical (unpaired) electrons. The van der Waals surface area contributed by atoms with Crippen LogP contribution in [-0.4, -0.2) is 32.0 Å². The lowest BCUT2D eigenvalue weighted by Crippen LogP contribution is -2.46. The molecule has 0 aromatic heterocycles. The molecule has 1 aliphatic heterocycles. The number of phosphoric ester groups is 1. The second-order valence-electron chi connectivity index (χ2n) is 10.4. The van der Waals surface area contributed by atoms with Gasteiger partial charge in [0.25, 0.3) is 0 Å². The summed E-state index contributed by atoms with van der Waals surface area (Å²) in [6.07, 6.45) is -1.29. The highest BCUT2D eigenvalue weighted by Crippen LogP contribution is 2.52. The van der Waals surface area contributed by atoms with Crippen molar-refractivity contribution in [3.05, 3.63) is 138 Å². The van der Waals surface area contributed by atoms with Crippen LogP contribution in [0.15, 0.2) is 115 Å². The lowest BCUT2D eigenvalue weighted by molar-refractivity contribution is -0.155. The zero-order valence-electron chi connectivity index (χ0n) is 24.4. The van der Waals surface area contributed by atoms with E-state index in [-0.39, 0.29) is 26.4 Å². The minimum Gasteiger partial charge on any atom is -0.497 e. The fraction of sp³-hybridized carbons (Fsp3) is 0.294. The van der Waals surface area contributed by atoms with Gasteiger partial charge in [-0.2, -0.15) is 0 Å². The molecule has 4 aromatic carbocycles. The van der Waals surface area contributed by atoms with E-state index in [0.29, 0.717) is 6.61 Å². The summed E-state index contributed by atoms with van der Waals surface area (Å²) in [5.41, 5.74) is 2.57. The van der Waals surface area contributed by atoms with Gasteiger partial charge >= 0.3 is 7.82 Å². The van der Waals surface area contributed by atoms with E-state index in [1.54, 1.807) is 7.11 Å². The number of methoxy groups -OCH3 is 1. The molecule has 0 aliphatic carbocycles. The molecule has 0 saturated carbocycles. The van der Waals surface area contributed by atoms with Crippen molar-refractivity contribution in [2.45, 2.75) is 44.7 Å². The van der Waals surface area contributed by atoms with E-state index in [1.165, 1.54) is 0 Å². The average molecular weight is 605 g/mol. The Balaban J connectivity index is 1.32. The molecule has 5 rings (SSSR count). The van der Waals surface area contributed by atoms with Crippen LogP contribution >= 0.6 is 7.82 Å². The van der Waals surface area contributed by atoms with Crippen molar-refractivity contribution >= 4 is 7.82 Å². The van der Waals surface area contributed by atoms with Gasteiger partial charge in [0.1, 0.15) is 17.5 Å². The fourth-order valence-electron chi connectivity index (χ4n) is 4.55. The summed E-state index contributed by atoms with van der Waals surface area (Å²) in [5.74, 6) is 0.740. The van der Waals surface area contributed by atoms with Crippen LogP contribution < -0.4 is 4.74 Å². The van der Waals surface area contributed by atoms with Crippen LogP contribution in [0, 0.1) is 0 Å². The van der Waals surface area contributed by atoms with Crippen molar-refractivity contribution in [2.24, 2.45) is 0 Å². The molecule has 1 saturated heterocycles. The van der Waals surface area contributed by atoms with Gasteiger partial charge in [-0.3, -0.25) is 13.6 Å². The van der Waals surface area contributed by atoms with Gasteiger partial charge in [0.2, 0.25) is 0 Å². The average Bonchev–Trinajstić information content (AvgIpc) is 3.47. The van der Waals surface area contributed by atoms with Gasteiger partial charge in [-0.1, -0.05) is 103 Å². The summed E-state index contributed by atoms with van der Waals surface area (Å²) in [4.78, 5) is 0. The first-order chi connectivity index (χ1) is 20.9. The third kappa shape index (κ3) is 8.85. The van der Waals surface area contributed by atoms with E-state index in [1.807, 2.05) is 122 Å². The number of rotatable bonds is 15. The van der Waals surface area contributed by atoms with Crippen LogP contribution in [0.5, 0.6) is 5.75 Å². The molecule has 0 spiro atoms. The Hall–Kier alpha value is -3.33. The third-order valence-electron chi connectivity index (χ3n) is 7.11. The smallest absolute Gasteiger partial charge is 0.475 e. The zero-order valence-corrected chi connectivity index (χ0v) is 25.3. The Labute approximate surface area is 253 Å². The lowest BCUT2D eigenvalue weighted by Gasteiger charge is -2.33. The minimum absolute atomic E-state index is 0.0544. The molecule has 0 amide bonds. The van der Waals surface area contributed by atoms with Crippen LogP contribution in [0.3, 0.4) is 0 Å². The van der Waals surface area contributed by atoms with Crippen molar-refractivity contribution in [3.8, 4) is 5.75 Å². The highest BCUT2D eigenvalue weighted by atomic mass is 31.2. The van der Waals surface area contributed by atoms with Crippen molar-refractivity contribution < 1.29 is 37.1 Å². The quantitative estimate of drug-likeness (QED) is 0.128. The van der Waals surface area contributed by atoms with Crippen LogP contribution in [0.2, 0.25) is 0 Å². The molecule has 226 valence electrons. The summed E-state index contributed by atoms with van der Waals surface area (Å²) in [6.45, 7) is 2.41. The molecule has 43 heavy (non-hydrogen) atoms. The summed E-state index contributed by atoms with van der Waals surface area (Å²) >= 11 is 0. The molecule has 1 unspecified atom stereocenters. The topological polar surface area (TPSA) is 81.7 Å². The zero-order chi connectivity index (χ0) is 30.0. The van der Waals surface area contributed by atoms with Crippen molar-refractivity contribution in [2.75, 3.05) is 20.3 Å². The first kappa shape index (κ1) is 31.1. The molecular formula is C34H37O8P. The fourth-order valence-corrected chi connectivity index (χ4v) is 5.70. The van der Waals surface area contributed by atoms with E-state index in [9.17, 15) is 4.57 Å². The molecule has 0 bridgehead atoms. The predicted octanol–water partition coefficient (Wildman–Crippen LogP) is 7.64. The Morgan fingerprint density at radius 1 is 0.744 bits per heavy atom. The molecule has 1 aliphatic rings. The predicted molar refractivity (Wildman–Crippen MR) is 162 cm³/mol. The summed E-state index contributed by atoms with van der Waals surface area (Å²) in [6, 6.07) is 36.2. The maximum absolute atomic E-state index is 14.0. The van der Waals surface area contributed by atoms with E-state index in [0.717, 1.165) is 28.0 Å². The van der Waals surface area contributed by atoms with Crippen LogP contribution in [0.4, 0.5) is 0 Å². The van der Waals surface area contributed by atoms with E-state index in [4.69, 9.17) is 32.5 Å². The van der Waals surface area contributed by atoms with Gasteiger partial charge in [-0.25, -0.2) is 4.57 Å². The lowest BCUT2D eigenvalue weighted by atomic mass is 10.0. The van der Waals surface area contributed by atoms with Crippen LogP contribution in [0.1, 0.15) is 35.5 Å². The number of hydrogen-bond acceptors (Lipinski definition) is 8. The minimum atomic E-state index is -4.04. The summed E-state index contributed by atoms with van der Waals surface area (Å²) < 4.78 is 55.8. The standard InChI is InChI=1S/C34H37O8P/c1-34(26-38-33(42-34)30-18-20-31(36-2)21-19-30)32(37-22-27-12-6-3-7-13-27)25-41-43(35,39-23-28-14-8-4-9-15-28)40-24-29-16-10-5-11-17-29/h3-21,32-33H,22-26H2,1-2H3/t32-,33?,34+/m1/s1. The number of ether oxygens (including phenoxy) is 4. The third-order valence-corrected chi connectivity index (χ3v) is 8.46. The molecule has 1 fully saturated rings. The van der Waals surface area contributed by atoms with Gasteiger partial charge in [0.15, 0.2) is 6.29 Å². The van der Waals surface area contributed by atoms with Gasteiger partial charge < -0.3 is 18.9 Å². The van der Waals surface area contributed by atoms with Gasteiger partial charge in [-0.15, -0.1) is 0 Å². The van der Waals surface area contributed by atoms with Crippen molar-refractivity contribution in [1.82, 2.24) is 0 Å². The second kappa shape index (κ2) is 14.9. The highest BCUT2D eigenvalue weighted by molar-refractivity contribution is 7.48. The molecule has 9 heteroatoms. The van der Waals surface area contributed by atoms with Crippen molar-refractivity contribution in [1.29, 1.82) is 0 Å². The van der Waals surface area contributed by atoms with Crippen LogP contribution in [-0.2, 0) is 52.2 Å². The molecule has 4 aromatic rings. The summed E-state index contributed by atoms with van der Waals surface area (Å²) in [7, 11) is -2.42. The first-order valence-electron chi connectivity index (χ1n) is 14.2. The Morgan fingerprint density at radius 3 is 1.77 bits per heavy atom. The van der Waals surface area contributed by atoms with Gasteiger partial charge in [-0.05, 0) is 35.7 Å². The Bertz CT molecular complexity index is 1390. The van der Waals surface area contributed by atoms with Crippen molar-refractivity contribution in [3.63, 3.8) is 0 Å². The second-order valence-corrected chi connectivity index (χ2v) is 12.1. The SMILES string of the molecule is COc1ccc(C2OC[C@@](C)([C@@H](COP(=O)(OCc3ccccc3)OCc3ccccc3)OCc3ccccc3)O2)cc1. The normalized spacial score (nSPS) is 19.3.